The Morgan fingerprint density at radius 3 is 3.13 bits per heavy atom. The molecule has 6 heteroatoms. The molecule has 0 aliphatic carbocycles. The molecule has 0 saturated heterocycles. The fourth-order valence-corrected chi connectivity index (χ4v) is 1.93. The van der Waals surface area contributed by atoms with Crippen molar-refractivity contribution in [2.75, 3.05) is 6.54 Å². The van der Waals surface area contributed by atoms with Crippen molar-refractivity contribution >= 4 is 11.3 Å². The lowest BCUT2D eigenvalue weighted by Gasteiger charge is -1.96. The van der Waals surface area contributed by atoms with Crippen LogP contribution in [0.4, 0.5) is 0 Å². The van der Waals surface area contributed by atoms with Crippen LogP contribution in [0, 0.1) is 0 Å². The van der Waals surface area contributed by atoms with Gasteiger partial charge in [-0.05, 0) is 13.0 Å². The molecule has 0 radical (unpaired) electrons. The molecule has 0 amide bonds. The molecule has 2 heterocycles. The average molecular weight is 223 g/mol. The van der Waals surface area contributed by atoms with Crippen molar-refractivity contribution in [1.29, 1.82) is 0 Å². The molecule has 15 heavy (non-hydrogen) atoms. The van der Waals surface area contributed by atoms with Crippen LogP contribution >= 0.6 is 11.3 Å². The highest BCUT2D eigenvalue weighted by Crippen LogP contribution is 2.13. The molecule has 0 atom stereocenters. The minimum Gasteiger partial charge on any atom is -0.310 e. The third-order valence-corrected chi connectivity index (χ3v) is 2.82. The van der Waals surface area contributed by atoms with Crippen molar-refractivity contribution in [2.45, 2.75) is 19.9 Å². The third-order valence-electron chi connectivity index (χ3n) is 1.88. The van der Waals surface area contributed by atoms with Crippen molar-refractivity contribution in [3.05, 3.63) is 23.7 Å². The van der Waals surface area contributed by atoms with Gasteiger partial charge in [0.15, 0.2) is 0 Å². The van der Waals surface area contributed by atoms with E-state index in [1.54, 1.807) is 23.9 Å². The van der Waals surface area contributed by atoms with Crippen molar-refractivity contribution in [1.82, 2.24) is 25.1 Å². The summed E-state index contributed by atoms with van der Waals surface area (Å²) in [5.41, 5.74) is 0. The van der Waals surface area contributed by atoms with Gasteiger partial charge in [0, 0.05) is 18.9 Å². The Labute approximate surface area is 92.2 Å². The van der Waals surface area contributed by atoms with Gasteiger partial charge in [0.2, 0.25) is 5.13 Å². The van der Waals surface area contributed by atoms with Gasteiger partial charge in [0.25, 0.3) is 0 Å². The van der Waals surface area contributed by atoms with Gasteiger partial charge in [-0.1, -0.05) is 18.3 Å². The van der Waals surface area contributed by atoms with Crippen LogP contribution < -0.4 is 5.32 Å². The lowest BCUT2D eigenvalue weighted by atomic mass is 10.5. The first-order valence-corrected chi connectivity index (χ1v) is 5.73. The van der Waals surface area contributed by atoms with Crippen molar-refractivity contribution in [3.8, 4) is 5.13 Å². The maximum atomic E-state index is 4.10. The minimum atomic E-state index is 0.792. The zero-order valence-electron chi connectivity index (χ0n) is 8.55. The maximum absolute atomic E-state index is 4.10. The summed E-state index contributed by atoms with van der Waals surface area (Å²) in [4.78, 5) is 3.97. The van der Waals surface area contributed by atoms with Crippen LogP contribution in [0.1, 0.15) is 18.4 Å². The zero-order valence-corrected chi connectivity index (χ0v) is 9.37. The van der Waals surface area contributed by atoms with E-state index in [-0.39, 0.29) is 0 Å². The van der Waals surface area contributed by atoms with Gasteiger partial charge < -0.3 is 5.32 Å². The lowest BCUT2D eigenvalue weighted by molar-refractivity contribution is 0.668. The van der Waals surface area contributed by atoms with E-state index in [0.717, 1.165) is 29.6 Å². The molecule has 0 unspecified atom stereocenters. The first-order chi connectivity index (χ1) is 7.40. The van der Waals surface area contributed by atoms with E-state index in [1.807, 2.05) is 10.8 Å². The SMILES string of the molecule is CCCNCc1nnc(-n2ccnc2)s1. The number of rotatable bonds is 5. The molecular weight excluding hydrogens is 210 g/mol. The smallest absolute Gasteiger partial charge is 0.217 e. The Kier molecular flexibility index (Phi) is 3.41. The highest BCUT2D eigenvalue weighted by atomic mass is 32.1. The van der Waals surface area contributed by atoms with Gasteiger partial charge in [-0.3, -0.25) is 4.57 Å². The quantitative estimate of drug-likeness (QED) is 0.774. The van der Waals surface area contributed by atoms with Crippen molar-refractivity contribution < 1.29 is 0 Å². The van der Waals surface area contributed by atoms with E-state index in [9.17, 15) is 0 Å². The first kappa shape index (κ1) is 10.3. The van der Waals surface area contributed by atoms with Crippen LogP contribution in [0.3, 0.4) is 0 Å². The number of nitrogens with zero attached hydrogens (tertiary/aromatic N) is 4. The van der Waals surface area contributed by atoms with E-state index < -0.39 is 0 Å². The molecule has 2 aromatic rings. The molecule has 0 saturated carbocycles. The van der Waals surface area contributed by atoms with E-state index in [0.29, 0.717) is 0 Å². The summed E-state index contributed by atoms with van der Waals surface area (Å²) in [6.07, 6.45) is 6.46. The maximum Gasteiger partial charge on any atom is 0.217 e. The average Bonchev–Trinajstić information content (AvgIpc) is 2.87. The monoisotopic (exact) mass is 223 g/mol. The Hall–Kier alpha value is -1.27. The Balaban J connectivity index is 1.98. The molecule has 0 aromatic carbocycles. The molecule has 80 valence electrons. The summed E-state index contributed by atoms with van der Waals surface area (Å²) >= 11 is 1.58. The second-order valence-electron chi connectivity index (χ2n) is 3.13. The predicted octanol–water partition coefficient (Wildman–Crippen LogP) is 1.22. The van der Waals surface area contributed by atoms with E-state index in [4.69, 9.17) is 0 Å². The summed E-state index contributed by atoms with van der Waals surface area (Å²) in [6.45, 7) is 3.95. The number of hydrogen-bond donors (Lipinski definition) is 1. The van der Waals surface area contributed by atoms with Crippen molar-refractivity contribution in [3.63, 3.8) is 0 Å². The normalized spacial score (nSPS) is 10.7. The topological polar surface area (TPSA) is 55.6 Å². The van der Waals surface area contributed by atoms with Crippen molar-refractivity contribution in [2.24, 2.45) is 0 Å². The Morgan fingerprint density at radius 2 is 2.40 bits per heavy atom. The largest absolute Gasteiger partial charge is 0.310 e. The fraction of sp³-hybridized carbons (Fsp3) is 0.444. The Morgan fingerprint density at radius 1 is 1.47 bits per heavy atom. The van der Waals surface area contributed by atoms with E-state index in [2.05, 4.69) is 27.4 Å². The van der Waals surface area contributed by atoms with Crippen LogP contribution in [0.15, 0.2) is 18.7 Å². The highest BCUT2D eigenvalue weighted by molar-refractivity contribution is 7.13. The summed E-state index contributed by atoms with van der Waals surface area (Å²) in [5, 5.41) is 13.4. The van der Waals surface area contributed by atoms with E-state index in [1.165, 1.54) is 0 Å². The second-order valence-corrected chi connectivity index (χ2v) is 4.17. The summed E-state index contributed by atoms with van der Waals surface area (Å²) < 4.78 is 1.86. The van der Waals surface area contributed by atoms with Crippen LogP contribution in [-0.4, -0.2) is 26.3 Å². The standard InChI is InChI=1S/C9H13N5S/c1-2-3-10-6-8-12-13-9(15-8)14-5-4-11-7-14/h4-5,7,10H,2-3,6H2,1H3. The van der Waals surface area contributed by atoms with Crippen LogP contribution in [0.5, 0.6) is 0 Å². The van der Waals surface area contributed by atoms with Gasteiger partial charge in [0.1, 0.15) is 11.3 Å². The van der Waals surface area contributed by atoms with E-state index >= 15 is 0 Å². The lowest BCUT2D eigenvalue weighted by Crippen LogP contribution is -2.13. The van der Waals surface area contributed by atoms with Gasteiger partial charge in [-0.25, -0.2) is 4.98 Å². The molecule has 0 spiro atoms. The van der Waals surface area contributed by atoms with Gasteiger partial charge in [0.05, 0.1) is 0 Å². The first-order valence-electron chi connectivity index (χ1n) is 4.91. The Bertz CT molecular complexity index is 394. The zero-order chi connectivity index (χ0) is 10.5. The second kappa shape index (κ2) is 4.99. The van der Waals surface area contributed by atoms with Crippen LogP contribution in [0.25, 0.3) is 5.13 Å². The number of aromatic nitrogens is 4. The molecule has 0 aliphatic heterocycles. The van der Waals surface area contributed by atoms with Gasteiger partial charge in [-0.2, -0.15) is 0 Å². The van der Waals surface area contributed by atoms with Crippen LogP contribution in [-0.2, 0) is 6.54 Å². The molecule has 1 N–H and O–H groups in total. The molecule has 5 nitrogen and oxygen atoms in total. The number of hydrogen-bond acceptors (Lipinski definition) is 5. The molecular formula is C9H13N5S. The molecule has 2 aromatic heterocycles. The fourth-order valence-electron chi connectivity index (χ4n) is 1.16. The number of nitrogens with one attached hydrogen (secondary N) is 1. The molecule has 0 fully saturated rings. The molecule has 0 bridgehead atoms. The van der Waals surface area contributed by atoms with Gasteiger partial charge >= 0.3 is 0 Å². The summed E-state index contributed by atoms with van der Waals surface area (Å²) in [5.74, 6) is 0. The molecule has 0 aliphatic rings. The number of imidazole rings is 1. The minimum absolute atomic E-state index is 0.792. The molecule has 2 rings (SSSR count). The summed E-state index contributed by atoms with van der Waals surface area (Å²) in [6, 6.07) is 0. The summed E-state index contributed by atoms with van der Waals surface area (Å²) in [7, 11) is 0. The van der Waals surface area contributed by atoms with Gasteiger partial charge in [-0.15, -0.1) is 10.2 Å². The predicted molar refractivity (Wildman–Crippen MR) is 59.0 cm³/mol. The van der Waals surface area contributed by atoms with Crippen LogP contribution in [0.2, 0.25) is 0 Å². The third kappa shape index (κ3) is 2.60. The highest BCUT2D eigenvalue weighted by Gasteiger charge is 2.04.